The smallest absolute Gasteiger partial charge is 0.416 e. The Hall–Kier alpha value is -5.33. The molecule has 5 aromatic rings. The SMILES string of the molecule is CCN1C(=O)N(c2cc(OC)cc(C(=O)Nc3cc(-c4ncc(C)[nH]4)cc(C(F)(F)F)c3)c2)Cc2cnc3[nH]ccc3c21. The van der Waals surface area contributed by atoms with Crippen LogP contribution in [0.2, 0.25) is 0 Å². The van der Waals surface area contributed by atoms with Crippen molar-refractivity contribution in [2.24, 2.45) is 0 Å². The third-order valence-corrected chi connectivity index (χ3v) is 7.21. The van der Waals surface area contributed by atoms with E-state index in [0.29, 0.717) is 29.3 Å². The molecule has 1 aliphatic heterocycles. The summed E-state index contributed by atoms with van der Waals surface area (Å²) >= 11 is 0. The largest absolute Gasteiger partial charge is 0.497 e. The lowest BCUT2D eigenvalue weighted by molar-refractivity contribution is -0.137. The molecule has 0 fully saturated rings. The van der Waals surface area contributed by atoms with Crippen LogP contribution in [0, 0.1) is 6.92 Å². The Morgan fingerprint density at radius 1 is 1.12 bits per heavy atom. The summed E-state index contributed by atoms with van der Waals surface area (Å²) < 4.78 is 46.7. The number of nitrogens with one attached hydrogen (secondary N) is 3. The number of carbonyl (C=O) groups excluding carboxylic acids is 2. The molecule has 6 rings (SSSR count). The number of methoxy groups -OCH3 is 1. The average molecular weight is 590 g/mol. The molecule has 0 unspecified atom stereocenters. The van der Waals surface area contributed by atoms with E-state index in [1.165, 1.54) is 36.4 Å². The van der Waals surface area contributed by atoms with E-state index in [1.807, 2.05) is 13.0 Å². The van der Waals surface area contributed by atoms with Gasteiger partial charge in [-0.05, 0) is 50.2 Å². The predicted molar refractivity (Wildman–Crippen MR) is 155 cm³/mol. The van der Waals surface area contributed by atoms with Gasteiger partial charge in [0.25, 0.3) is 5.91 Å². The molecule has 3 aromatic heterocycles. The number of benzene rings is 2. The Kier molecular flexibility index (Phi) is 6.79. The van der Waals surface area contributed by atoms with Crippen LogP contribution < -0.4 is 19.9 Å². The number of hydrogen-bond acceptors (Lipinski definition) is 5. The number of imidazole rings is 1. The summed E-state index contributed by atoms with van der Waals surface area (Å²) in [5.41, 5.74) is 2.52. The lowest BCUT2D eigenvalue weighted by Gasteiger charge is -2.37. The molecule has 1 aliphatic rings. The molecule has 0 aliphatic carbocycles. The van der Waals surface area contributed by atoms with Gasteiger partial charge in [0.15, 0.2) is 0 Å². The van der Waals surface area contributed by atoms with E-state index >= 15 is 0 Å². The molecule has 13 heteroatoms. The Morgan fingerprint density at radius 3 is 2.63 bits per heavy atom. The summed E-state index contributed by atoms with van der Waals surface area (Å²) in [7, 11) is 1.42. The van der Waals surface area contributed by atoms with Gasteiger partial charge < -0.3 is 20.0 Å². The van der Waals surface area contributed by atoms with Crippen molar-refractivity contribution in [1.82, 2.24) is 19.9 Å². The van der Waals surface area contributed by atoms with Gasteiger partial charge in [-0.25, -0.2) is 14.8 Å². The highest BCUT2D eigenvalue weighted by atomic mass is 19.4. The van der Waals surface area contributed by atoms with Crippen LogP contribution in [0.15, 0.2) is 61.1 Å². The highest BCUT2D eigenvalue weighted by Gasteiger charge is 2.34. The number of aromatic nitrogens is 4. The maximum Gasteiger partial charge on any atom is 0.416 e. The van der Waals surface area contributed by atoms with Crippen molar-refractivity contribution in [1.29, 1.82) is 0 Å². The third kappa shape index (κ3) is 5.13. The number of H-pyrrole nitrogens is 2. The summed E-state index contributed by atoms with van der Waals surface area (Å²) in [6.07, 6.45) is 0.314. The second-order valence-corrected chi connectivity index (χ2v) is 10.1. The van der Waals surface area contributed by atoms with E-state index in [-0.39, 0.29) is 35.2 Å². The minimum atomic E-state index is -4.66. The minimum Gasteiger partial charge on any atom is -0.497 e. The fraction of sp³-hybridized carbons (Fsp3) is 0.200. The van der Waals surface area contributed by atoms with Crippen LogP contribution in [0.25, 0.3) is 22.4 Å². The lowest BCUT2D eigenvalue weighted by atomic mass is 10.1. The van der Waals surface area contributed by atoms with E-state index in [2.05, 4.69) is 25.3 Å². The molecule has 2 aromatic carbocycles. The van der Waals surface area contributed by atoms with E-state index in [4.69, 9.17) is 4.74 Å². The van der Waals surface area contributed by atoms with Gasteiger partial charge in [-0.15, -0.1) is 0 Å². The first-order valence-electron chi connectivity index (χ1n) is 13.3. The molecule has 0 radical (unpaired) electrons. The first kappa shape index (κ1) is 27.8. The second-order valence-electron chi connectivity index (χ2n) is 10.1. The van der Waals surface area contributed by atoms with E-state index in [9.17, 15) is 22.8 Å². The molecule has 3 N–H and O–H groups in total. The molecule has 0 spiro atoms. The summed E-state index contributed by atoms with van der Waals surface area (Å²) in [6.45, 7) is 4.17. The van der Waals surface area contributed by atoms with Crippen molar-refractivity contribution < 1.29 is 27.5 Å². The van der Waals surface area contributed by atoms with E-state index in [0.717, 1.165) is 28.8 Å². The van der Waals surface area contributed by atoms with Crippen LogP contribution in [0.1, 0.15) is 34.1 Å². The Bertz CT molecular complexity index is 1880. The van der Waals surface area contributed by atoms with E-state index in [1.54, 1.807) is 30.3 Å². The van der Waals surface area contributed by atoms with Gasteiger partial charge >= 0.3 is 12.2 Å². The second kappa shape index (κ2) is 10.5. The van der Waals surface area contributed by atoms with Gasteiger partial charge in [0.1, 0.15) is 17.2 Å². The molecule has 3 amide bonds. The van der Waals surface area contributed by atoms with E-state index < -0.39 is 17.6 Å². The molecule has 0 bridgehead atoms. The van der Waals surface area contributed by atoms with Crippen molar-refractivity contribution in [3.8, 4) is 17.1 Å². The van der Waals surface area contributed by atoms with Gasteiger partial charge in [0.2, 0.25) is 0 Å². The number of rotatable bonds is 6. The maximum absolute atomic E-state index is 13.8. The molecule has 0 atom stereocenters. The molecular formula is C30H26F3N7O3. The Labute approximate surface area is 243 Å². The number of amides is 3. The fourth-order valence-corrected chi connectivity index (χ4v) is 5.19. The van der Waals surface area contributed by atoms with Crippen LogP contribution in [-0.2, 0) is 12.7 Å². The van der Waals surface area contributed by atoms with Crippen LogP contribution in [0.5, 0.6) is 5.75 Å². The zero-order valence-electron chi connectivity index (χ0n) is 23.3. The Balaban J connectivity index is 1.35. The topological polar surface area (TPSA) is 119 Å². The number of anilines is 3. The third-order valence-electron chi connectivity index (χ3n) is 7.21. The van der Waals surface area contributed by atoms with Crippen LogP contribution in [0.3, 0.4) is 0 Å². The minimum absolute atomic E-state index is 0.0741. The first-order valence-corrected chi connectivity index (χ1v) is 13.3. The normalized spacial score (nSPS) is 13.4. The molecule has 0 saturated heterocycles. The van der Waals surface area contributed by atoms with Gasteiger partial charge in [0.05, 0.1) is 30.6 Å². The lowest BCUT2D eigenvalue weighted by Crippen LogP contribution is -2.47. The highest BCUT2D eigenvalue weighted by molar-refractivity contribution is 6.12. The number of aryl methyl sites for hydroxylation is 1. The standard InChI is InChI=1S/C30H26F3N7O3/c1-4-39-25-19(14-36-27-24(25)5-6-34-27)15-40(29(39)42)22-9-18(10-23(12-22)43-3)28(41)38-21-8-17(26-35-13-16(2)37-26)7-20(11-21)30(31,32)33/h5-14H,4,15H2,1-3H3,(H,34,36)(H,35,37)(H,38,41). The van der Waals surface area contributed by atoms with Crippen LogP contribution >= 0.6 is 0 Å². The maximum atomic E-state index is 13.8. The molecule has 10 nitrogen and oxygen atoms in total. The zero-order chi connectivity index (χ0) is 30.5. The molecule has 4 heterocycles. The number of pyridine rings is 1. The molecule has 0 saturated carbocycles. The van der Waals surface area contributed by atoms with Gasteiger partial charge in [-0.3, -0.25) is 14.6 Å². The number of nitrogens with zero attached hydrogens (tertiary/aromatic N) is 4. The summed E-state index contributed by atoms with van der Waals surface area (Å²) in [5.74, 6) is -0.160. The summed E-state index contributed by atoms with van der Waals surface area (Å²) in [5, 5.41) is 3.39. The quantitative estimate of drug-likeness (QED) is 0.209. The van der Waals surface area contributed by atoms with Crippen LogP contribution in [0.4, 0.5) is 35.0 Å². The number of fused-ring (bicyclic) bond motifs is 3. The summed E-state index contributed by atoms with van der Waals surface area (Å²) in [4.78, 5) is 44.9. The Morgan fingerprint density at radius 2 is 1.93 bits per heavy atom. The average Bonchev–Trinajstić information content (AvgIpc) is 3.65. The zero-order valence-corrected chi connectivity index (χ0v) is 23.3. The highest BCUT2D eigenvalue weighted by Crippen LogP contribution is 2.38. The van der Waals surface area contributed by atoms with Crippen LogP contribution in [-0.4, -0.2) is 45.5 Å². The van der Waals surface area contributed by atoms with Crippen molar-refractivity contribution in [2.75, 3.05) is 28.8 Å². The predicted octanol–water partition coefficient (Wildman–Crippen LogP) is 6.51. The number of hydrogen-bond donors (Lipinski definition) is 3. The summed E-state index contributed by atoms with van der Waals surface area (Å²) in [6, 6.07) is 9.37. The number of aromatic amines is 2. The number of alkyl halides is 3. The van der Waals surface area contributed by atoms with Gasteiger partial charge in [-0.1, -0.05) is 0 Å². The molecule has 220 valence electrons. The van der Waals surface area contributed by atoms with Crippen molar-refractivity contribution in [2.45, 2.75) is 26.6 Å². The molecular weight excluding hydrogens is 563 g/mol. The van der Waals surface area contributed by atoms with Crippen molar-refractivity contribution in [3.05, 3.63) is 83.4 Å². The van der Waals surface area contributed by atoms with Crippen molar-refractivity contribution in [3.63, 3.8) is 0 Å². The van der Waals surface area contributed by atoms with Crippen molar-refractivity contribution >= 4 is 40.0 Å². The van der Waals surface area contributed by atoms with Gasteiger partial charge in [-0.2, -0.15) is 13.2 Å². The fourth-order valence-electron chi connectivity index (χ4n) is 5.19. The number of halogens is 3. The van der Waals surface area contributed by atoms with Gasteiger partial charge in [0, 0.05) is 64.7 Å². The first-order chi connectivity index (χ1) is 20.5. The monoisotopic (exact) mass is 589 g/mol. The molecule has 43 heavy (non-hydrogen) atoms. The number of carbonyl (C=O) groups is 2. The number of ether oxygens (including phenoxy) is 1. The number of urea groups is 1.